The molecule has 3 atom stereocenters. The molecule has 0 radical (unpaired) electrons. The zero-order chi connectivity index (χ0) is 24.9. The fraction of sp³-hybridized carbons (Fsp3) is 0.333. The van der Waals surface area contributed by atoms with E-state index < -0.39 is 34.4 Å². The molecule has 4 nitrogen and oxygen atoms in total. The van der Waals surface area contributed by atoms with Crippen LogP contribution in [0.5, 0.6) is 0 Å². The van der Waals surface area contributed by atoms with E-state index in [9.17, 15) is 22.0 Å². The van der Waals surface area contributed by atoms with Crippen LogP contribution < -0.4 is 5.32 Å². The zero-order valence-corrected chi connectivity index (χ0v) is 19.3. The first-order valence-electron chi connectivity index (χ1n) is 11.6. The van der Waals surface area contributed by atoms with Crippen molar-refractivity contribution >= 4 is 21.5 Å². The van der Waals surface area contributed by atoms with Crippen LogP contribution in [0.3, 0.4) is 0 Å². The summed E-state index contributed by atoms with van der Waals surface area (Å²) in [6, 6.07) is 8.54. The molecule has 5 rings (SSSR count). The van der Waals surface area contributed by atoms with Crippen molar-refractivity contribution < 1.29 is 22.0 Å². The van der Waals surface area contributed by atoms with Gasteiger partial charge in [-0.1, -0.05) is 6.07 Å². The first-order chi connectivity index (χ1) is 16.6. The second-order valence-electron chi connectivity index (χ2n) is 9.95. The average Bonchev–Trinajstić information content (AvgIpc) is 3.36. The Hall–Kier alpha value is -2.94. The Morgan fingerprint density at radius 1 is 0.857 bits per heavy atom. The highest BCUT2D eigenvalue weighted by atomic mass is 19.2. The second-order valence-corrected chi connectivity index (χ2v) is 9.95. The Balaban J connectivity index is 1.23. The predicted octanol–water partition coefficient (Wildman–Crippen LogP) is 3.04. The maximum Gasteiger partial charge on any atom is 0.168 e. The van der Waals surface area contributed by atoms with Crippen LogP contribution in [0.15, 0.2) is 42.5 Å². The minimum Gasteiger partial charge on any atom is -0.366 e. The Morgan fingerprint density at radius 2 is 1.51 bits per heavy atom. The van der Waals surface area contributed by atoms with Gasteiger partial charge in [0.25, 0.3) is 0 Å². The van der Waals surface area contributed by atoms with Crippen molar-refractivity contribution in [1.82, 2.24) is 15.1 Å². The minimum atomic E-state index is -1.28. The van der Waals surface area contributed by atoms with Crippen LogP contribution >= 0.6 is 0 Å². The van der Waals surface area contributed by atoms with E-state index in [-0.39, 0.29) is 22.9 Å². The predicted molar refractivity (Wildman–Crippen MR) is 128 cm³/mol. The molecule has 0 bridgehead atoms. The first-order valence-corrected chi connectivity index (χ1v) is 11.6. The largest absolute Gasteiger partial charge is 0.366 e. The number of fused-ring (bicyclic) bond motifs is 1. The van der Waals surface area contributed by atoms with Gasteiger partial charge >= 0.3 is 0 Å². The molecule has 2 heterocycles. The van der Waals surface area contributed by atoms with Crippen molar-refractivity contribution in [2.45, 2.75) is 24.2 Å². The molecule has 180 valence electrons. The highest BCUT2D eigenvalue weighted by Gasteiger charge is 2.46. The fourth-order valence-corrected chi connectivity index (χ4v) is 5.62. The van der Waals surface area contributed by atoms with Gasteiger partial charge in [-0.2, -0.15) is 0 Å². The molecule has 0 unspecified atom stereocenters. The van der Waals surface area contributed by atoms with Crippen LogP contribution in [-0.4, -0.2) is 49.9 Å². The van der Waals surface area contributed by atoms with E-state index in [2.05, 4.69) is 20.4 Å². The summed E-state index contributed by atoms with van der Waals surface area (Å²) in [6.45, 7) is 1.47. The number of anilines is 1. The van der Waals surface area contributed by atoms with Crippen molar-refractivity contribution in [3.8, 4) is 11.3 Å². The van der Waals surface area contributed by atoms with Crippen molar-refractivity contribution in [2.75, 3.05) is 18.4 Å². The number of hydrogen-bond acceptors (Lipinski definition) is 4. The molecular formula is C24H23B2F5N4. The van der Waals surface area contributed by atoms with Crippen LogP contribution in [-0.2, 0) is 5.34 Å². The summed E-state index contributed by atoms with van der Waals surface area (Å²) in [7, 11) is 3.71. The van der Waals surface area contributed by atoms with Crippen molar-refractivity contribution in [3.63, 3.8) is 0 Å². The first kappa shape index (κ1) is 23.8. The van der Waals surface area contributed by atoms with E-state index in [1.807, 2.05) is 15.7 Å². The minimum absolute atomic E-state index is 0.0352. The summed E-state index contributed by atoms with van der Waals surface area (Å²) in [6.07, 6.45) is 1.73. The number of likely N-dealkylation sites (tertiary alicyclic amines) is 1. The number of halogens is 5. The summed E-state index contributed by atoms with van der Waals surface area (Å²) >= 11 is 0. The van der Waals surface area contributed by atoms with E-state index in [0.717, 1.165) is 32.0 Å². The number of nitrogens with zero attached hydrogens (tertiary/aromatic N) is 3. The molecule has 1 aromatic heterocycles. The number of nitrogens with one attached hydrogen (secondary N) is 1. The molecule has 1 aliphatic carbocycles. The number of hydrogen-bond donors (Lipinski definition) is 1. The molecule has 0 amide bonds. The van der Waals surface area contributed by atoms with Crippen molar-refractivity contribution in [3.05, 3.63) is 77.1 Å². The number of rotatable bonds is 5. The topological polar surface area (TPSA) is 41.0 Å². The molecule has 2 aromatic carbocycles. The van der Waals surface area contributed by atoms with Crippen LogP contribution in [0.1, 0.15) is 18.4 Å². The summed E-state index contributed by atoms with van der Waals surface area (Å²) in [5.74, 6) is -3.18. The van der Waals surface area contributed by atoms with Gasteiger partial charge in [-0.25, -0.2) is 22.0 Å². The van der Waals surface area contributed by atoms with Gasteiger partial charge in [-0.3, -0.25) is 0 Å². The smallest absolute Gasteiger partial charge is 0.168 e. The summed E-state index contributed by atoms with van der Waals surface area (Å²) in [5.41, 5.74) is -0.154. The van der Waals surface area contributed by atoms with Gasteiger partial charge in [0.1, 0.15) is 39.0 Å². The van der Waals surface area contributed by atoms with Crippen LogP contribution in [0.2, 0.25) is 0 Å². The van der Waals surface area contributed by atoms with Gasteiger partial charge in [0.2, 0.25) is 0 Å². The molecular weight excluding hydrogens is 461 g/mol. The van der Waals surface area contributed by atoms with Gasteiger partial charge in [0.15, 0.2) is 11.6 Å². The lowest BCUT2D eigenvalue weighted by Crippen LogP contribution is -2.48. The SMILES string of the molecule is BC(B)(c1c(F)cccc1F)N1C[C@H]2C[C@H](Nc3ccc(-c4cc(F)cc(F)c4F)nn3)C[C@H]2C1. The van der Waals surface area contributed by atoms with Crippen LogP contribution in [0.25, 0.3) is 11.3 Å². The van der Waals surface area contributed by atoms with Gasteiger partial charge in [-0.15, -0.1) is 10.2 Å². The second kappa shape index (κ2) is 8.93. The van der Waals surface area contributed by atoms with E-state index >= 15 is 0 Å². The Kier molecular flexibility index (Phi) is 6.07. The molecule has 3 aromatic rings. The van der Waals surface area contributed by atoms with Gasteiger partial charge in [-0.05, 0) is 60.3 Å². The highest BCUT2D eigenvalue weighted by molar-refractivity contribution is 6.39. The Labute approximate surface area is 201 Å². The molecule has 11 heteroatoms. The molecule has 1 N–H and O–H groups in total. The lowest BCUT2D eigenvalue weighted by molar-refractivity contribution is 0.245. The van der Waals surface area contributed by atoms with Crippen molar-refractivity contribution in [2.24, 2.45) is 11.8 Å². The van der Waals surface area contributed by atoms with E-state index in [0.29, 0.717) is 23.7 Å². The third kappa shape index (κ3) is 4.42. The highest BCUT2D eigenvalue weighted by Crippen LogP contribution is 2.43. The quantitative estimate of drug-likeness (QED) is 0.344. The molecule has 2 fully saturated rings. The molecule has 1 saturated carbocycles. The van der Waals surface area contributed by atoms with Crippen molar-refractivity contribution in [1.29, 1.82) is 0 Å². The molecule has 1 saturated heterocycles. The Morgan fingerprint density at radius 3 is 2.11 bits per heavy atom. The summed E-state index contributed by atoms with van der Waals surface area (Å²) < 4.78 is 69.9. The maximum absolute atomic E-state index is 14.4. The normalized spacial score (nSPS) is 22.4. The van der Waals surface area contributed by atoms with E-state index in [4.69, 9.17) is 0 Å². The van der Waals surface area contributed by atoms with Crippen LogP contribution in [0.4, 0.5) is 27.8 Å². The lowest BCUT2D eigenvalue weighted by Gasteiger charge is -2.38. The summed E-state index contributed by atoms with van der Waals surface area (Å²) in [5, 5.41) is 10.6. The van der Waals surface area contributed by atoms with E-state index in [1.54, 1.807) is 6.07 Å². The monoisotopic (exact) mass is 484 g/mol. The lowest BCUT2D eigenvalue weighted by atomic mass is 9.56. The van der Waals surface area contributed by atoms with Gasteiger partial charge in [0, 0.05) is 36.3 Å². The molecule has 0 spiro atoms. The molecule has 35 heavy (non-hydrogen) atoms. The van der Waals surface area contributed by atoms with Crippen LogP contribution in [0, 0.1) is 40.9 Å². The maximum atomic E-state index is 14.4. The number of benzene rings is 2. The summed E-state index contributed by atoms with van der Waals surface area (Å²) in [4.78, 5) is 2.15. The van der Waals surface area contributed by atoms with Gasteiger partial charge < -0.3 is 10.2 Å². The molecule has 1 aliphatic heterocycles. The Bertz CT molecular complexity index is 1220. The third-order valence-corrected chi connectivity index (χ3v) is 7.40. The third-order valence-electron chi connectivity index (χ3n) is 7.40. The van der Waals surface area contributed by atoms with E-state index in [1.165, 1.54) is 24.3 Å². The van der Waals surface area contributed by atoms with Gasteiger partial charge in [0.05, 0.1) is 5.69 Å². The zero-order valence-electron chi connectivity index (χ0n) is 19.3. The standard InChI is InChI=1S/C24H23B2F5N4/c25-24(26,22-17(28)2-1-3-18(22)29)35-10-12-6-15(7-13(12)11-35)32-21-5-4-20(33-34-21)16-8-14(27)9-19(30)23(16)31/h1-5,8-9,12-13,15H,6-7,10-11,25-26H2,(H,32,34)/t12-,13+,15+. The molecule has 2 aliphatic rings. The average molecular weight is 484 g/mol. The number of aromatic nitrogens is 2. The fourth-order valence-electron chi connectivity index (χ4n) is 5.62.